The summed E-state index contributed by atoms with van der Waals surface area (Å²) >= 11 is 0. The van der Waals surface area contributed by atoms with Crippen molar-refractivity contribution < 1.29 is 0 Å². The molecular formula is C7H7N2+. The van der Waals surface area contributed by atoms with Gasteiger partial charge in [-0.3, -0.25) is 4.99 Å². The Hall–Kier alpha value is -1.14. The highest BCUT2D eigenvalue weighted by Crippen LogP contribution is 2.15. The van der Waals surface area contributed by atoms with Crippen molar-refractivity contribution >= 4 is 6.34 Å². The first-order valence-corrected chi connectivity index (χ1v) is 3.03. The van der Waals surface area contributed by atoms with Crippen LogP contribution in [0.2, 0.25) is 0 Å². The van der Waals surface area contributed by atoms with Crippen LogP contribution in [-0.4, -0.2) is 12.4 Å². The van der Waals surface area contributed by atoms with Crippen LogP contribution in [0.1, 0.15) is 6.42 Å². The fourth-order valence-electron chi connectivity index (χ4n) is 1.03. The summed E-state index contributed by atoms with van der Waals surface area (Å²) in [6, 6.07) is 0.343. The Morgan fingerprint density at radius 2 is 2.78 bits per heavy atom. The number of hydrogen-bond donors (Lipinski definition) is 1. The average Bonchev–Trinajstić information content (AvgIpc) is 2.33. The average molecular weight is 119 g/mol. The van der Waals surface area contributed by atoms with Gasteiger partial charge in [-0.05, 0) is 0 Å². The number of aliphatic imine (C=N–C) groups is 1. The maximum atomic E-state index is 4.17. The number of allylic oxidation sites excluding steroid dienone is 2. The lowest BCUT2D eigenvalue weighted by atomic mass is 10.1. The molecule has 1 aliphatic carbocycles. The van der Waals surface area contributed by atoms with E-state index in [0.717, 1.165) is 12.1 Å². The highest BCUT2D eigenvalue weighted by Gasteiger charge is 2.24. The molecular weight excluding hydrogens is 112 g/mol. The van der Waals surface area contributed by atoms with Crippen molar-refractivity contribution in [3.8, 4) is 0 Å². The molecule has 0 radical (unpaired) electrons. The van der Waals surface area contributed by atoms with Gasteiger partial charge >= 0.3 is 0 Å². The SMILES string of the molecule is [C+]1=C2NC=NC2CC=C1. The van der Waals surface area contributed by atoms with Crippen molar-refractivity contribution in [2.75, 3.05) is 0 Å². The van der Waals surface area contributed by atoms with E-state index >= 15 is 0 Å². The third kappa shape index (κ3) is 0.644. The fourth-order valence-corrected chi connectivity index (χ4v) is 1.03. The molecule has 0 amide bonds. The van der Waals surface area contributed by atoms with E-state index in [4.69, 9.17) is 0 Å². The summed E-state index contributed by atoms with van der Waals surface area (Å²) in [7, 11) is 0. The maximum Gasteiger partial charge on any atom is 0.190 e. The molecule has 9 heavy (non-hydrogen) atoms. The molecule has 2 rings (SSSR count). The molecule has 1 N–H and O–H groups in total. The van der Waals surface area contributed by atoms with E-state index in [1.807, 2.05) is 6.08 Å². The Balaban J connectivity index is 2.29. The Labute approximate surface area is 54.0 Å². The van der Waals surface area contributed by atoms with Crippen molar-refractivity contribution in [2.24, 2.45) is 4.99 Å². The van der Waals surface area contributed by atoms with Gasteiger partial charge in [0.2, 0.25) is 0 Å². The van der Waals surface area contributed by atoms with E-state index in [1.165, 1.54) is 0 Å². The summed E-state index contributed by atoms with van der Waals surface area (Å²) < 4.78 is 0. The van der Waals surface area contributed by atoms with Crippen LogP contribution in [0.3, 0.4) is 0 Å². The second kappa shape index (κ2) is 1.67. The normalized spacial score (nSPS) is 28.4. The van der Waals surface area contributed by atoms with Crippen molar-refractivity contribution in [3.63, 3.8) is 0 Å². The van der Waals surface area contributed by atoms with Gasteiger partial charge in [0.1, 0.15) is 12.1 Å². The third-order valence-corrected chi connectivity index (χ3v) is 1.52. The second-order valence-electron chi connectivity index (χ2n) is 2.13. The van der Waals surface area contributed by atoms with Gasteiger partial charge in [-0.2, -0.15) is 0 Å². The van der Waals surface area contributed by atoms with Crippen molar-refractivity contribution in [2.45, 2.75) is 12.5 Å². The predicted molar refractivity (Wildman–Crippen MR) is 35.9 cm³/mol. The summed E-state index contributed by atoms with van der Waals surface area (Å²) in [5, 5.41) is 3.02. The van der Waals surface area contributed by atoms with E-state index in [1.54, 1.807) is 6.34 Å². The van der Waals surface area contributed by atoms with Gasteiger partial charge in [-0.15, -0.1) is 0 Å². The molecule has 44 valence electrons. The van der Waals surface area contributed by atoms with Gasteiger partial charge in [0.15, 0.2) is 11.8 Å². The molecule has 0 spiro atoms. The molecule has 0 aromatic heterocycles. The van der Waals surface area contributed by atoms with Gasteiger partial charge in [0.05, 0.1) is 18.8 Å². The van der Waals surface area contributed by atoms with Crippen molar-refractivity contribution in [3.05, 3.63) is 23.9 Å². The number of hydrogen-bond acceptors (Lipinski definition) is 2. The van der Waals surface area contributed by atoms with Crippen LogP contribution in [0.5, 0.6) is 0 Å². The third-order valence-electron chi connectivity index (χ3n) is 1.52. The van der Waals surface area contributed by atoms with Crippen LogP contribution >= 0.6 is 0 Å². The first-order chi connectivity index (χ1) is 4.47. The van der Waals surface area contributed by atoms with Crippen molar-refractivity contribution in [1.29, 1.82) is 0 Å². The summed E-state index contributed by atoms with van der Waals surface area (Å²) in [6.45, 7) is 0. The van der Waals surface area contributed by atoms with E-state index in [-0.39, 0.29) is 0 Å². The molecule has 0 saturated heterocycles. The summed E-state index contributed by atoms with van der Waals surface area (Å²) in [5.74, 6) is 0. The van der Waals surface area contributed by atoms with Crippen LogP contribution in [0.15, 0.2) is 22.8 Å². The monoisotopic (exact) mass is 119 g/mol. The molecule has 1 heterocycles. The predicted octanol–water partition coefficient (Wildman–Crippen LogP) is 0.633. The minimum absolute atomic E-state index is 0.343. The first kappa shape index (κ1) is 4.71. The molecule has 0 aromatic carbocycles. The summed E-state index contributed by atoms with van der Waals surface area (Å²) in [4.78, 5) is 4.17. The molecule has 0 saturated carbocycles. The Morgan fingerprint density at radius 1 is 1.78 bits per heavy atom. The molecule has 1 aliphatic heterocycles. The highest BCUT2D eigenvalue weighted by atomic mass is 15.1. The van der Waals surface area contributed by atoms with E-state index < -0.39 is 0 Å². The van der Waals surface area contributed by atoms with Crippen LogP contribution in [0.4, 0.5) is 0 Å². The first-order valence-electron chi connectivity index (χ1n) is 3.03. The minimum Gasteiger partial charge on any atom is -0.324 e. The zero-order valence-electron chi connectivity index (χ0n) is 4.96. The van der Waals surface area contributed by atoms with E-state index in [2.05, 4.69) is 22.5 Å². The standard InChI is InChI=1S/C7H7N2/c1-2-4-7-6(3-1)8-5-9-7/h1-2,5-6H,3H2,(H,8,9)/q+1. The van der Waals surface area contributed by atoms with Crippen LogP contribution in [-0.2, 0) is 0 Å². The number of rotatable bonds is 0. The molecule has 0 fully saturated rings. The van der Waals surface area contributed by atoms with Crippen LogP contribution in [0, 0.1) is 6.08 Å². The zero-order chi connectivity index (χ0) is 6.10. The maximum absolute atomic E-state index is 4.17. The molecule has 2 aliphatic rings. The Kier molecular flexibility index (Phi) is 0.877. The van der Waals surface area contributed by atoms with Gasteiger partial charge in [0, 0.05) is 0 Å². The van der Waals surface area contributed by atoms with E-state index in [0.29, 0.717) is 6.04 Å². The smallest absolute Gasteiger partial charge is 0.190 e. The van der Waals surface area contributed by atoms with Gasteiger partial charge in [0.25, 0.3) is 0 Å². The number of fused-ring (bicyclic) bond motifs is 1. The van der Waals surface area contributed by atoms with Gasteiger partial charge < -0.3 is 5.32 Å². The Bertz CT molecular complexity index is 201. The van der Waals surface area contributed by atoms with Gasteiger partial charge in [-0.25, -0.2) is 0 Å². The van der Waals surface area contributed by atoms with E-state index in [9.17, 15) is 0 Å². The van der Waals surface area contributed by atoms with Crippen LogP contribution in [0.25, 0.3) is 0 Å². The minimum atomic E-state index is 0.343. The lowest BCUT2D eigenvalue weighted by Gasteiger charge is -1.99. The quantitative estimate of drug-likeness (QED) is 0.465. The molecule has 2 heteroatoms. The summed E-state index contributed by atoms with van der Waals surface area (Å²) in [6.07, 6.45) is 9.86. The fraction of sp³-hybridized carbons (Fsp3) is 0.286. The molecule has 1 unspecified atom stereocenters. The Morgan fingerprint density at radius 3 is 3.67 bits per heavy atom. The zero-order valence-corrected chi connectivity index (χ0v) is 4.96. The highest BCUT2D eigenvalue weighted by molar-refractivity contribution is 5.62. The molecule has 2 nitrogen and oxygen atoms in total. The second-order valence-corrected chi connectivity index (χ2v) is 2.13. The number of nitrogens with zero attached hydrogens (tertiary/aromatic N) is 1. The largest absolute Gasteiger partial charge is 0.324 e. The van der Waals surface area contributed by atoms with Crippen molar-refractivity contribution in [1.82, 2.24) is 5.32 Å². The molecule has 0 aromatic rings. The van der Waals surface area contributed by atoms with Crippen LogP contribution < -0.4 is 5.32 Å². The van der Waals surface area contributed by atoms with Gasteiger partial charge in [-0.1, -0.05) is 0 Å². The number of nitrogens with one attached hydrogen (secondary N) is 1. The topological polar surface area (TPSA) is 24.4 Å². The lowest BCUT2D eigenvalue weighted by Crippen LogP contribution is -2.13. The lowest BCUT2D eigenvalue weighted by molar-refractivity contribution is 0.780. The molecule has 0 bridgehead atoms. The summed E-state index contributed by atoms with van der Waals surface area (Å²) in [5.41, 5.74) is 1.11. The molecule has 1 atom stereocenters.